The first-order valence-corrected chi connectivity index (χ1v) is 12.1. The maximum Gasteiger partial charge on any atom is 0.254 e. The highest BCUT2D eigenvalue weighted by Gasteiger charge is 2.30. The fourth-order valence-corrected chi connectivity index (χ4v) is 4.82. The summed E-state index contributed by atoms with van der Waals surface area (Å²) in [6.07, 6.45) is 4.26. The number of hydrogen-bond acceptors (Lipinski definition) is 6. The quantitative estimate of drug-likeness (QED) is 0.481. The molecule has 0 radical (unpaired) electrons. The summed E-state index contributed by atoms with van der Waals surface area (Å²) in [7, 11) is 1.61. The van der Waals surface area contributed by atoms with Crippen LogP contribution < -0.4 is 9.64 Å². The van der Waals surface area contributed by atoms with Crippen LogP contribution in [0.25, 0.3) is 11.3 Å². The molecule has 3 heterocycles. The van der Waals surface area contributed by atoms with Gasteiger partial charge in [-0.3, -0.25) is 4.79 Å². The van der Waals surface area contributed by atoms with Crippen molar-refractivity contribution in [3.63, 3.8) is 0 Å². The van der Waals surface area contributed by atoms with E-state index in [9.17, 15) is 4.79 Å². The van der Waals surface area contributed by atoms with Crippen molar-refractivity contribution < 1.29 is 18.8 Å². The van der Waals surface area contributed by atoms with Crippen molar-refractivity contribution in [2.45, 2.75) is 38.3 Å². The molecule has 2 fully saturated rings. The summed E-state index contributed by atoms with van der Waals surface area (Å²) in [5.74, 6) is 1.38. The lowest BCUT2D eigenvalue weighted by molar-refractivity contribution is 0.0507. The van der Waals surface area contributed by atoms with Gasteiger partial charge in [0.2, 0.25) is 5.88 Å². The number of carbonyl (C=O) groups excluding carboxylic acids is 1. The fraction of sp³-hybridized carbons (Fsp3) is 0.407. The lowest BCUT2D eigenvalue weighted by Crippen LogP contribution is -2.37. The Morgan fingerprint density at radius 1 is 1.12 bits per heavy atom. The smallest absolute Gasteiger partial charge is 0.254 e. The van der Waals surface area contributed by atoms with Crippen LogP contribution in [0.2, 0.25) is 0 Å². The monoisotopic (exact) mass is 461 g/mol. The standard InChI is InChI=1S/C27H31N3O4/c1-32-22-12-7-11-21(17-22)26(31)30(18-23-13-8-16-33-23)19-24-25(20-9-3-2-4-10-20)28-34-27(24)29-14-5-6-15-29/h2-4,7,9-12,17,23H,5-6,8,13-16,18-19H2,1H3. The molecule has 3 aromatic rings. The van der Waals surface area contributed by atoms with Gasteiger partial charge in [-0.25, -0.2) is 0 Å². The molecule has 178 valence electrons. The van der Waals surface area contributed by atoms with E-state index in [4.69, 9.17) is 14.0 Å². The van der Waals surface area contributed by atoms with Gasteiger partial charge in [0.05, 0.1) is 25.3 Å². The maximum atomic E-state index is 13.8. The first kappa shape index (κ1) is 22.5. The van der Waals surface area contributed by atoms with Gasteiger partial charge in [0.25, 0.3) is 5.91 Å². The lowest BCUT2D eigenvalue weighted by atomic mass is 10.1. The number of hydrogen-bond donors (Lipinski definition) is 0. The van der Waals surface area contributed by atoms with E-state index in [1.165, 1.54) is 0 Å². The fourth-order valence-electron chi connectivity index (χ4n) is 4.82. The van der Waals surface area contributed by atoms with Crippen LogP contribution in [-0.2, 0) is 11.3 Å². The second-order valence-electron chi connectivity index (χ2n) is 8.93. The third kappa shape index (κ3) is 4.80. The second kappa shape index (κ2) is 10.3. The topological polar surface area (TPSA) is 68.0 Å². The summed E-state index contributed by atoms with van der Waals surface area (Å²) >= 11 is 0. The zero-order chi connectivity index (χ0) is 23.3. The Labute approximate surface area is 200 Å². The molecule has 1 amide bonds. The Balaban J connectivity index is 1.51. The number of anilines is 1. The van der Waals surface area contributed by atoms with Crippen molar-refractivity contribution in [3.8, 4) is 17.0 Å². The number of carbonyl (C=O) groups is 1. The average molecular weight is 462 g/mol. The highest BCUT2D eigenvalue weighted by Crippen LogP contribution is 2.34. The summed E-state index contributed by atoms with van der Waals surface area (Å²) in [6, 6.07) is 17.4. The summed E-state index contributed by atoms with van der Waals surface area (Å²) in [4.78, 5) is 17.9. The van der Waals surface area contributed by atoms with Gasteiger partial charge in [-0.05, 0) is 43.9 Å². The zero-order valence-corrected chi connectivity index (χ0v) is 19.6. The van der Waals surface area contributed by atoms with Crippen LogP contribution >= 0.6 is 0 Å². The molecule has 0 bridgehead atoms. The van der Waals surface area contributed by atoms with E-state index in [0.717, 1.165) is 68.1 Å². The minimum atomic E-state index is -0.0537. The molecule has 5 rings (SSSR count). The van der Waals surface area contributed by atoms with E-state index in [2.05, 4.69) is 10.1 Å². The van der Waals surface area contributed by atoms with Gasteiger partial charge in [-0.1, -0.05) is 41.6 Å². The van der Waals surface area contributed by atoms with Gasteiger partial charge < -0.3 is 23.8 Å². The third-order valence-electron chi connectivity index (χ3n) is 6.61. The Morgan fingerprint density at radius 2 is 1.94 bits per heavy atom. The summed E-state index contributed by atoms with van der Waals surface area (Å²) in [5.41, 5.74) is 3.32. The minimum Gasteiger partial charge on any atom is -0.497 e. The number of nitrogens with zero attached hydrogens (tertiary/aromatic N) is 3. The van der Waals surface area contributed by atoms with Crippen LogP contribution in [-0.4, -0.2) is 55.4 Å². The maximum absolute atomic E-state index is 13.8. The molecule has 7 heteroatoms. The van der Waals surface area contributed by atoms with Crippen LogP contribution in [0.5, 0.6) is 5.75 Å². The first-order valence-electron chi connectivity index (χ1n) is 12.1. The molecule has 2 aliphatic rings. The number of benzene rings is 2. The van der Waals surface area contributed by atoms with Crippen molar-refractivity contribution in [2.24, 2.45) is 0 Å². The van der Waals surface area contributed by atoms with Crippen molar-refractivity contribution in [3.05, 3.63) is 65.7 Å². The summed E-state index contributed by atoms with van der Waals surface area (Å²) in [6.45, 7) is 3.54. The summed E-state index contributed by atoms with van der Waals surface area (Å²) < 4.78 is 17.2. The van der Waals surface area contributed by atoms with Gasteiger partial charge in [0, 0.05) is 37.4 Å². The van der Waals surface area contributed by atoms with Gasteiger partial charge in [-0.15, -0.1) is 0 Å². The predicted molar refractivity (Wildman–Crippen MR) is 130 cm³/mol. The van der Waals surface area contributed by atoms with Crippen molar-refractivity contribution >= 4 is 11.8 Å². The molecule has 2 aromatic carbocycles. The number of rotatable bonds is 8. The lowest BCUT2D eigenvalue weighted by Gasteiger charge is -2.27. The molecule has 2 aliphatic heterocycles. The van der Waals surface area contributed by atoms with Gasteiger partial charge >= 0.3 is 0 Å². The average Bonchev–Trinajstić information content (AvgIpc) is 3.66. The highest BCUT2D eigenvalue weighted by atomic mass is 16.5. The molecule has 2 saturated heterocycles. The van der Waals surface area contributed by atoms with E-state index >= 15 is 0 Å². The van der Waals surface area contributed by atoms with Gasteiger partial charge in [0.1, 0.15) is 11.4 Å². The van der Waals surface area contributed by atoms with Crippen LogP contribution in [0.15, 0.2) is 59.1 Å². The van der Waals surface area contributed by atoms with Crippen LogP contribution in [0.1, 0.15) is 41.6 Å². The van der Waals surface area contributed by atoms with E-state index in [1.807, 2.05) is 53.4 Å². The SMILES string of the molecule is COc1cccc(C(=O)N(Cc2c(-c3ccccc3)noc2N2CCCC2)CC2CCCO2)c1. The normalized spacial score (nSPS) is 17.8. The van der Waals surface area contributed by atoms with Crippen LogP contribution in [0, 0.1) is 0 Å². The van der Waals surface area contributed by atoms with Crippen LogP contribution in [0.3, 0.4) is 0 Å². The zero-order valence-electron chi connectivity index (χ0n) is 19.6. The van der Waals surface area contributed by atoms with Crippen molar-refractivity contribution in [1.29, 1.82) is 0 Å². The predicted octanol–water partition coefficient (Wildman–Crippen LogP) is 4.77. The number of ether oxygens (including phenoxy) is 2. The molecule has 1 unspecified atom stereocenters. The molecule has 0 spiro atoms. The van der Waals surface area contributed by atoms with E-state index in [1.54, 1.807) is 13.2 Å². The van der Waals surface area contributed by atoms with E-state index < -0.39 is 0 Å². The van der Waals surface area contributed by atoms with Crippen molar-refractivity contribution in [2.75, 3.05) is 38.3 Å². The Hall–Kier alpha value is -3.32. The van der Waals surface area contributed by atoms with Crippen molar-refractivity contribution in [1.82, 2.24) is 10.1 Å². The van der Waals surface area contributed by atoms with E-state index in [0.29, 0.717) is 24.4 Å². The molecule has 0 aliphatic carbocycles. The van der Waals surface area contributed by atoms with E-state index in [-0.39, 0.29) is 12.0 Å². The molecule has 7 nitrogen and oxygen atoms in total. The molecule has 0 saturated carbocycles. The second-order valence-corrected chi connectivity index (χ2v) is 8.93. The minimum absolute atomic E-state index is 0.0322. The molecular formula is C27H31N3O4. The Morgan fingerprint density at radius 3 is 2.68 bits per heavy atom. The first-order chi connectivity index (χ1) is 16.7. The summed E-state index contributed by atoms with van der Waals surface area (Å²) in [5, 5.41) is 4.47. The third-order valence-corrected chi connectivity index (χ3v) is 6.61. The molecular weight excluding hydrogens is 430 g/mol. The molecule has 0 N–H and O–H groups in total. The largest absolute Gasteiger partial charge is 0.497 e. The Bertz CT molecular complexity index is 1100. The number of methoxy groups -OCH3 is 1. The van der Waals surface area contributed by atoms with Crippen LogP contribution in [0.4, 0.5) is 5.88 Å². The molecule has 1 atom stereocenters. The number of amides is 1. The number of aromatic nitrogens is 1. The van der Waals surface area contributed by atoms with Gasteiger partial charge in [-0.2, -0.15) is 0 Å². The van der Waals surface area contributed by atoms with Gasteiger partial charge in [0.15, 0.2) is 0 Å². The molecule has 1 aromatic heterocycles. The highest BCUT2D eigenvalue weighted by molar-refractivity contribution is 5.94. The Kier molecular flexibility index (Phi) is 6.81. The molecule has 34 heavy (non-hydrogen) atoms.